The lowest BCUT2D eigenvalue weighted by Gasteiger charge is -2.12. The molecule has 1 aromatic rings. The van der Waals surface area contributed by atoms with Gasteiger partial charge in [0, 0.05) is 18.0 Å². The van der Waals surface area contributed by atoms with Crippen molar-refractivity contribution >= 4 is 17.5 Å². The highest BCUT2D eigenvalue weighted by Crippen LogP contribution is 2.25. The van der Waals surface area contributed by atoms with Gasteiger partial charge in [-0.2, -0.15) is 13.2 Å². The Balaban J connectivity index is 2.29. The van der Waals surface area contributed by atoms with Gasteiger partial charge in [0.1, 0.15) is 12.1 Å². The highest BCUT2D eigenvalue weighted by atomic mass is 19.4. The third kappa shape index (κ3) is 3.35. The number of Topliss-reactive ketones (excluding diaryl/α,β-unsaturated/α-hetero) is 1. The first-order valence-corrected chi connectivity index (χ1v) is 6.19. The summed E-state index contributed by atoms with van der Waals surface area (Å²) in [6.45, 7) is 1.39. The largest absolute Gasteiger partial charge is 0.462 e. The maximum atomic E-state index is 12.4. The fraction of sp³-hybridized carbons (Fsp3) is 0.308. The van der Waals surface area contributed by atoms with Gasteiger partial charge >= 0.3 is 12.1 Å². The standard InChI is InChI=1S/C13H10F3N3O3/c1-2-22-11(21)8-3-9(17-6-10(8)20)7-4-18-12(19-5-7)13(14,15)16/h3-5H,2,6H2,1H3. The lowest BCUT2D eigenvalue weighted by molar-refractivity contribution is -0.145. The number of carbonyl (C=O) groups excluding carboxylic acids is 2. The van der Waals surface area contributed by atoms with Crippen molar-refractivity contribution in [1.29, 1.82) is 0 Å². The maximum Gasteiger partial charge on any atom is 0.451 e. The molecule has 0 saturated heterocycles. The van der Waals surface area contributed by atoms with Crippen molar-refractivity contribution in [3.63, 3.8) is 0 Å². The van der Waals surface area contributed by atoms with Crippen LogP contribution in [-0.4, -0.2) is 40.6 Å². The van der Waals surface area contributed by atoms with Gasteiger partial charge in [0.15, 0.2) is 5.78 Å². The van der Waals surface area contributed by atoms with Crippen LogP contribution in [0.1, 0.15) is 18.3 Å². The van der Waals surface area contributed by atoms with Gasteiger partial charge in [-0.1, -0.05) is 0 Å². The summed E-state index contributed by atoms with van der Waals surface area (Å²) in [5.74, 6) is -2.60. The summed E-state index contributed by atoms with van der Waals surface area (Å²) in [4.78, 5) is 33.5. The van der Waals surface area contributed by atoms with Gasteiger partial charge in [-0.05, 0) is 13.0 Å². The number of hydrogen-bond acceptors (Lipinski definition) is 6. The second kappa shape index (κ2) is 6.04. The maximum absolute atomic E-state index is 12.4. The second-order valence-electron chi connectivity index (χ2n) is 4.20. The van der Waals surface area contributed by atoms with E-state index in [1.165, 1.54) is 0 Å². The van der Waals surface area contributed by atoms with Crippen molar-refractivity contribution in [1.82, 2.24) is 9.97 Å². The van der Waals surface area contributed by atoms with E-state index >= 15 is 0 Å². The van der Waals surface area contributed by atoms with E-state index in [-0.39, 0.29) is 30.0 Å². The van der Waals surface area contributed by atoms with Crippen molar-refractivity contribution in [3.05, 3.63) is 35.4 Å². The molecule has 116 valence electrons. The van der Waals surface area contributed by atoms with Crippen molar-refractivity contribution in [2.24, 2.45) is 4.99 Å². The molecule has 0 aliphatic carbocycles. The van der Waals surface area contributed by atoms with Crippen LogP contribution in [0.3, 0.4) is 0 Å². The third-order valence-corrected chi connectivity index (χ3v) is 2.67. The number of alkyl halides is 3. The van der Waals surface area contributed by atoms with E-state index in [1.807, 2.05) is 0 Å². The summed E-state index contributed by atoms with van der Waals surface area (Å²) < 4.78 is 41.9. The third-order valence-electron chi connectivity index (χ3n) is 2.67. The molecule has 1 aromatic heterocycles. The van der Waals surface area contributed by atoms with Gasteiger partial charge < -0.3 is 4.74 Å². The molecule has 0 fully saturated rings. The van der Waals surface area contributed by atoms with Gasteiger partial charge in [-0.3, -0.25) is 9.79 Å². The molecule has 0 N–H and O–H groups in total. The molecule has 22 heavy (non-hydrogen) atoms. The number of esters is 1. The van der Waals surface area contributed by atoms with Crippen LogP contribution in [0.4, 0.5) is 13.2 Å². The molecule has 0 spiro atoms. The molecule has 0 saturated carbocycles. The van der Waals surface area contributed by atoms with E-state index in [0.29, 0.717) is 0 Å². The van der Waals surface area contributed by atoms with E-state index in [0.717, 1.165) is 18.5 Å². The molecule has 9 heteroatoms. The average molecular weight is 313 g/mol. The molecule has 2 heterocycles. The summed E-state index contributed by atoms with van der Waals surface area (Å²) in [7, 11) is 0. The molecule has 0 radical (unpaired) electrons. The normalized spacial score (nSPS) is 15.2. The summed E-state index contributed by atoms with van der Waals surface area (Å²) in [6, 6.07) is 0. The first-order chi connectivity index (χ1) is 10.3. The Hall–Kier alpha value is -2.58. The monoisotopic (exact) mass is 313 g/mol. The van der Waals surface area contributed by atoms with Gasteiger partial charge in [-0.25, -0.2) is 14.8 Å². The molecule has 0 atom stereocenters. The topological polar surface area (TPSA) is 81.5 Å². The van der Waals surface area contributed by atoms with Crippen molar-refractivity contribution < 1.29 is 27.5 Å². The minimum absolute atomic E-state index is 0.0965. The Bertz CT molecular complexity index is 663. The lowest BCUT2D eigenvalue weighted by atomic mass is 10.0. The molecule has 0 aromatic carbocycles. The minimum atomic E-state index is -4.64. The molecule has 0 unspecified atom stereocenters. The second-order valence-corrected chi connectivity index (χ2v) is 4.20. The fourth-order valence-corrected chi connectivity index (χ4v) is 1.67. The molecular weight excluding hydrogens is 303 g/mol. The number of hydrogen-bond donors (Lipinski definition) is 0. The highest BCUT2D eigenvalue weighted by Gasteiger charge is 2.34. The Labute approximate surface area is 122 Å². The Morgan fingerprint density at radius 1 is 1.32 bits per heavy atom. The number of ether oxygens (including phenoxy) is 1. The summed E-state index contributed by atoms with van der Waals surface area (Å²) >= 11 is 0. The summed E-state index contributed by atoms with van der Waals surface area (Å²) in [5, 5.41) is 0. The number of ketones is 1. The van der Waals surface area contributed by atoms with E-state index in [2.05, 4.69) is 15.0 Å². The Morgan fingerprint density at radius 3 is 2.50 bits per heavy atom. The Kier molecular flexibility index (Phi) is 4.34. The smallest absolute Gasteiger partial charge is 0.451 e. The number of halogens is 3. The molecular formula is C13H10F3N3O3. The molecule has 1 aliphatic heterocycles. The quantitative estimate of drug-likeness (QED) is 0.621. The van der Waals surface area contributed by atoms with Gasteiger partial charge in [0.2, 0.25) is 5.82 Å². The zero-order chi connectivity index (χ0) is 16.3. The van der Waals surface area contributed by atoms with E-state index in [1.54, 1.807) is 6.92 Å². The molecule has 0 bridgehead atoms. The van der Waals surface area contributed by atoms with Crippen LogP contribution in [0, 0.1) is 0 Å². The van der Waals surface area contributed by atoms with E-state index < -0.39 is 23.8 Å². The predicted octanol–water partition coefficient (Wildman–Crippen LogP) is 1.36. The number of aliphatic imine (C=N–C) groups is 1. The minimum Gasteiger partial charge on any atom is -0.462 e. The number of dihydropyridines is 1. The number of carbonyl (C=O) groups is 2. The number of allylic oxidation sites excluding steroid dienone is 1. The fourth-order valence-electron chi connectivity index (χ4n) is 1.67. The van der Waals surface area contributed by atoms with Crippen LogP contribution in [0.2, 0.25) is 0 Å². The van der Waals surface area contributed by atoms with Gasteiger partial charge in [0.05, 0.1) is 12.3 Å². The average Bonchev–Trinajstić information content (AvgIpc) is 2.47. The van der Waals surface area contributed by atoms with Crippen molar-refractivity contribution in [3.8, 4) is 0 Å². The van der Waals surface area contributed by atoms with Crippen LogP contribution in [0.25, 0.3) is 0 Å². The number of nitrogens with zero attached hydrogens (tertiary/aromatic N) is 3. The van der Waals surface area contributed by atoms with Crippen molar-refractivity contribution in [2.45, 2.75) is 13.1 Å². The molecule has 0 amide bonds. The number of rotatable bonds is 3. The van der Waals surface area contributed by atoms with E-state index in [9.17, 15) is 22.8 Å². The Morgan fingerprint density at radius 2 is 1.95 bits per heavy atom. The highest BCUT2D eigenvalue weighted by molar-refractivity contribution is 6.26. The SMILES string of the molecule is CCOC(=O)C1=CC(c2cnc(C(F)(F)F)nc2)=NCC1=O. The van der Waals surface area contributed by atoms with Crippen LogP contribution in [0.5, 0.6) is 0 Å². The van der Waals surface area contributed by atoms with Crippen LogP contribution in [0.15, 0.2) is 29.0 Å². The van der Waals surface area contributed by atoms with E-state index in [4.69, 9.17) is 4.74 Å². The number of aromatic nitrogens is 2. The predicted molar refractivity (Wildman–Crippen MR) is 68.2 cm³/mol. The summed E-state index contributed by atoms with van der Waals surface area (Å²) in [6.07, 6.45) is -1.61. The van der Waals surface area contributed by atoms with Crippen LogP contribution >= 0.6 is 0 Å². The summed E-state index contributed by atoms with van der Waals surface area (Å²) in [5.41, 5.74) is 0.116. The first kappa shape index (κ1) is 15.8. The first-order valence-electron chi connectivity index (χ1n) is 6.19. The molecule has 6 nitrogen and oxygen atoms in total. The molecule has 2 rings (SSSR count). The lowest BCUT2D eigenvalue weighted by Crippen LogP contribution is -2.23. The van der Waals surface area contributed by atoms with Crippen molar-refractivity contribution in [2.75, 3.05) is 13.2 Å². The van der Waals surface area contributed by atoms with Gasteiger partial charge in [-0.15, -0.1) is 0 Å². The zero-order valence-electron chi connectivity index (χ0n) is 11.3. The zero-order valence-corrected chi connectivity index (χ0v) is 11.3. The van der Waals surface area contributed by atoms with Crippen LogP contribution in [-0.2, 0) is 20.5 Å². The molecule has 1 aliphatic rings. The van der Waals surface area contributed by atoms with Crippen LogP contribution < -0.4 is 0 Å². The van der Waals surface area contributed by atoms with Gasteiger partial charge in [0.25, 0.3) is 0 Å².